The number of benzene rings is 2. The number of hydrogen-bond donors (Lipinski definition) is 1. The lowest BCUT2D eigenvalue weighted by atomic mass is 10.1. The van der Waals surface area contributed by atoms with Crippen molar-refractivity contribution < 1.29 is 27.5 Å². The van der Waals surface area contributed by atoms with Crippen LogP contribution in [0.3, 0.4) is 0 Å². The zero-order chi connectivity index (χ0) is 27.2. The van der Waals surface area contributed by atoms with Gasteiger partial charge in [0.25, 0.3) is 0 Å². The number of halogens is 2. The van der Waals surface area contributed by atoms with Gasteiger partial charge in [-0.2, -0.15) is 0 Å². The molecule has 0 radical (unpaired) electrons. The molecule has 0 spiro atoms. The minimum absolute atomic E-state index is 0.114. The van der Waals surface area contributed by atoms with Crippen molar-refractivity contribution >= 4 is 50.7 Å². The number of carbonyl (C=O) groups excluding carboxylic acids is 2. The molecule has 0 aliphatic heterocycles. The quantitative estimate of drug-likeness (QED) is 0.449. The van der Waals surface area contributed by atoms with Crippen molar-refractivity contribution in [2.24, 2.45) is 0 Å². The standard InChI is InChI=1S/C24H31Cl2N3O6S/c1-15(2)27-24(31)16(3)28(13-18-19(25)8-7-9-20(18)26)23(30)14-29(36(6,32)33)21-12-17(34-4)10-11-22(21)35-5/h7-12,15-16H,13-14H2,1-6H3,(H,27,31). The highest BCUT2D eigenvalue weighted by Gasteiger charge is 2.32. The number of nitrogens with zero attached hydrogens (tertiary/aromatic N) is 2. The van der Waals surface area contributed by atoms with E-state index in [0.29, 0.717) is 21.4 Å². The maximum absolute atomic E-state index is 13.7. The number of carbonyl (C=O) groups is 2. The first-order valence-electron chi connectivity index (χ1n) is 11.0. The van der Waals surface area contributed by atoms with Gasteiger partial charge in [-0.15, -0.1) is 0 Å². The number of nitrogens with one attached hydrogen (secondary N) is 1. The molecule has 2 aromatic rings. The van der Waals surface area contributed by atoms with E-state index in [-0.39, 0.29) is 24.0 Å². The van der Waals surface area contributed by atoms with E-state index < -0.39 is 34.4 Å². The van der Waals surface area contributed by atoms with E-state index in [0.717, 1.165) is 10.6 Å². The third kappa shape index (κ3) is 7.41. The Bertz CT molecular complexity index is 1190. The van der Waals surface area contributed by atoms with Crippen molar-refractivity contribution in [1.82, 2.24) is 10.2 Å². The number of amides is 2. The predicted octanol–water partition coefficient (Wildman–Crippen LogP) is 3.72. The maximum Gasteiger partial charge on any atom is 0.244 e. The van der Waals surface area contributed by atoms with Gasteiger partial charge in [0.1, 0.15) is 24.1 Å². The number of hydrogen-bond acceptors (Lipinski definition) is 6. The maximum atomic E-state index is 13.7. The normalized spacial score (nSPS) is 12.1. The van der Waals surface area contributed by atoms with Gasteiger partial charge in [-0.1, -0.05) is 29.3 Å². The minimum atomic E-state index is -3.96. The van der Waals surface area contributed by atoms with Gasteiger partial charge < -0.3 is 19.7 Å². The monoisotopic (exact) mass is 559 g/mol. The molecule has 2 aromatic carbocycles. The molecule has 198 valence electrons. The van der Waals surface area contributed by atoms with Gasteiger partial charge >= 0.3 is 0 Å². The Balaban J connectivity index is 2.54. The van der Waals surface area contributed by atoms with Crippen LogP contribution >= 0.6 is 23.2 Å². The van der Waals surface area contributed by atoms with E-state index in [1.54, 1.807) is 45.0 Å². The molecule has 0 aromatic heterocycles. The van der Waals surface area contributed by atoms with Crippen molar-refractivity contribution in [1.29, 1.82) is 0 Å². The summed E-state index contributed by atoms with van der Waals surface area (Å²) in [5, 5.41) is 3.40. The third-order valence-electron chi connectivity index (χ3n) is 5.32. The molecule has 0 aliphatic rings. The lowest BCUT2D eigenvalue weighted by molar-refractivity contribution is -0.139. The zero-order valence-electron chi connectivity index (χ0n) is 21.0. The van der Waals surface area contributed by atoms with Crippen LogP contribution in [-0.4, -0.2) is 64.2 Å². The van der Waals surface area contributed by atoms with E-state index in [9.17, 15) is 18.0 Å². The molecule has 0 saturated carbocycles. The molecule has 1 N–H and O–H groups in total. The van der Waals surface area contributed by atoms with Crippen LogP contribution < -0.4 is 19.1 Å². The molecule has 9 nitrogen and oxygen atoms in total. The number of sulfonamides is 1. The highest BCUT2D eigenvalue weighted by Crippen LogP contribution is 2.34. The Morgan fingerprint density at radius 1 is 1.03 bits per heavy atom. The van der Waals surface area contributed by atoms with Crippen molar-refractivity contribution in [3.63, 3.8) is 0 Å². The molecule has 0 aliphatic carbocycles. The summed E-state index contributed by atoms with van der Waals surface area (Å²) >= 11 is 12.7. The first-order valence-corrected chi connectivity index (χ1v) is 13.6. The Morgan fingerprint density at radius 2 is 1.64 bits per heavy atom. The fourth-order valence-corrected chi connectivity index (χ4v) is 4.79. The molecular weight excluding hydrogens is 529 g/mol. The van der Waals surface area contributed by atoms with E-state index in [2.05, 4.69) is 5.32 Å². The van der Waals surface area contributed by atoms with Crippen molar-refractivity contribution in [3.05, 3.63) is 52.0 Å². The van der Waals surface area contributed by atoms with Crippen molar-refractivity contribution in [2.45, 2.75) is 39.4 Å². The van der Waals surface area contributed by atoms with Crippen LogP contribution in [0.5, 0.6) is 11.5 Å². The molecule has 0 saturated heterocycles. The van der Waals surface area contributed by atoms with Gasteiger partial charge in [-0.05, 0) is 45.0 Å². The number of ether oxygens (including phenoxy) is 2. The summed E-state index contributed by atoms with van der Waals surface area (Å²) in [5.74, 6) is -0.462. The van der Waals surface area contributed by atoms with E-state index in [1.807, 2.05) is 0 Å². The van der Waals surface area contributed by atoms with Crippen LogP contribution in [0.2, 0.25) is 10.0 Å². The van der Waals surface area contributed by atoms with Crippen molar-refractivity contribution in [3.8, 4) is 11.5 Å². The highest BCUT2D eigenvalue weighted by molar-refractivity contribution is 7.92. The molecule has 36 heavy (non-hydrogen) atoms. The number of rotatable bonds is 11. The van der Waals surface area contributed by atoms with Crippen LogP contribution in [0, 0.1) is 0 Å². The fourth-order valence-electron chi connectivity index (χ4n) is 3.43. The summed E-state index contributed by atoms with van der Waals surface area (Å²) in [4.78, 5) is 27.8. The molecule has 0 heterocycles. The van der Waals surface area contributed by atoms with Crippen LogP contribution in [-0.2, 0) is 26.2 Å². The molecule has 1 atom stereocenters. The molecule has 2 amide bonds. The number of anilines is 1. The highest BCUT2D eigenvalue weighted by atomic mass is 35.5. The molecule has 12 heteroatoms. The van der Waals surface area contributed by atoms with Gasteiger partial charge in [0.15, 0.2) is 0 Å². The van der Waals surface area contributed by atoms with Gasteiger partial charge in [0.05, 0.1) is 26.2 Å². The van der Waals surface area contributed by atoms with Gasteiger partial charge in [-0.3, -0.25) is 13.9 Å². The van der Waals surface area contributed by atoms with Crippen molar-refractivity contribution in [2.75, 3.05) is 31.3 Å². The van der Waals surface area contributed by atoms with Gasteiger partial charge in [0.2, 0.25) is 21.8 Å². The average molecular weight is 561 g/mol. The Kier molecular flexibility index (Phi) is 10.3. The van der Waals surface area contributed by atoms with Gasteiger partial charge in [0, 0.05) is 34.3 Å². The summed E-state index contributed by atoms with van der Waals surface area (Å²) in [7, 11) is -1.14. The first-order chi connectivity index (χ1) is 16.8. The van der Waals surface area contributed by atoms with Crippen LogP contribution in [0.15, 0.2) is 36.4 Å². The summed E-state index contributed by atoms with van der Waals surface area (Å²) in [6, 6.07) is 8.37. The summed E-state index contributed by atoms with van der Waals surface area (Å²) in [6.45, 7) is 4.42. The molecule has 0 fully saturated rings. The zero-order valence-corrected chi connectivity index (χ0v) is 23.4. The molecule has 2 rings (SSSR count). The average Bonchev–Trinajstić information content (AvgIpc) is 2.80. The first kappa shape index (κ1) is 29.5. The Hall–Kier alpha value is -2.69. The Labute approximate surface area is 222 Å². The topological polar surface area (TPSA) is 105 Å². The third-order valence-corrected chi connectivity index (χ3v) is 7.16. The van der Waals surface area contributed by atoms with Crippen LogP contribution in [0.4, 0.5) is 5.69 Å². The van der Waals surface area contributed by atoms with E-state index in [4.69, 9.17) is 32.7 Å². The van der Waals surface area contributed by atoms with Crippen LogP contribution in [0.25, 0.3) is 0 Å². The van der Waals surface area contributed by atoms with E-state index in [1.165, 1.54) is 31.3 Å². The van der Waals surface area contributed by atoms with Crippen LogP contribution in [0.1, 0.15) is 26.3 Å². The second-order valence-electron chi connectivity index (χ2n) is 8.37. The molecular formula is C24H31Cl2N3O6S. The summed E-state index contributed by atoms with van der Waals surface area (Å²) in [5.41, 5.74) is 0.547. The summed E-state index contributed by atoms with van der Waals surface area (Å²) < 4.78 is 37.1. The second kappa shape index (κ2) is 12.5. The predicted molar refractivity (Wildman–Crippen MR) is 141 cm³/mol. The fraction of sp³-hybridized carbons (Fsp3) is 0.417. The lowest BCUT2D eigenvalue weighted by Crippen LogP contribution is -2.52. The lowest BCUT2D eigenvalue weighted by Gasteiger charge is -2.32. The largest absolute Gasteiger partial charge is 0.497 e. The molecule has 1 unspecified atom stereocenters. The second-order valence-corrected chi connectivity index (χ2v) is 11.1. The SMILES string of the molecule is COc1ccc(OC)c(N(CC(=O)N(Cc2c(Cl)cccc2Cl)C(C)C(=O)NC(C)C)S(C)(=O)=O)c1. The summed E-state index contributed by atoms with van der Waals surface area (Å²) in [6.07, 6.45) is 0.976. The Morgan fingerprint density at radius 3 is 2.14 bits per heavy atom. The minimum Gasteiger partial charge on any atom is -0.497 e. The van der Waals surface area contributed by atoms with E-state index >= 15 is 0 Å². The molecule has 0 bridgehead atoms. The number of methoxy groups -OCH3 is 2. The van der Waals surface area contributed by atoms with Gasteiger partial charge in [-0.25, -0.2) is 8.42 Å². The smallest absolute Gasteiger partial charge is 0.244 e.